The molecule has 1 aliphatic carbocycles. The van der Waals surface area contributed by atoms with E-state index < -0.39 is 17.3 Å². The van der Waals surface area contributed by atoms with Crippen molar-refractivity contribution >= 4 is 23.4 Å². The predicted octanol–water partition coefficient (Wildman–Crippen LogP) is 6.82. The highest BCUT2D eigenvalue weighted by atomic mass is 35.5. The predicted molar refractivity (Wildman–Crippen MR) is 165 cm³/mol. The molecule has 0 saturated heterocycles. The van der Waals surface area contributed by atoms with Crippen LogP contribution in [0.2, 0.25) is 5.02 Å². The van der Waals surface area contributed by atoms with Crippen molar-refractivity contribution in [3.63, 3.8) is 0 Å². The van der Waals surface area contributed by atoms with Gasteiger partial charge in [-0.05, 0) is 65.6 Å². The van der Waals surface area contributed by atoms with E-state index in [9.17, 15) is 14.4 Å². The van der Waals surface area contributed by atoms with Gasteiger partial charge in [0.05, 0.1) is 31.2 Å². The van der Waals surface area contributed by atoms with Crippen LogP contribution in [0.1, 0.15) is 58.3 Å². The van der Waals surface area contributed by atoms with Crippen LogP contribution < -0.4 is 10.3 Å². The summed E-state index contributed by atoms with van der Waals surface area (Å²) in [5.41, 5.74) is 3.19. The van der Waals surface area contributed by atoms with Crippen molar-refractivity contribution in [3.8, 4) is 28.4 Å². The maximum Gasteiger partial charge on any atom is 0.356 e. The van der Waals surface area contributed by atoms with Gasteiger partial charge >= 0.3 is 5.97 Å². The standard InChI is InChI=1S/C34H30ClN3O5/c1-34(2)19-27(39)25-18-26(20-10-12-21(35)13-11-20)37(22-14-16-24(42-3)17-15-22)31(25)29(34)28-30(33(41)43-4)36-38(32(28)40)23-8-6-5-7-9-23/h5-18,29,36H,19H2,1-4H3. The molecule has 0 radical (unpaired) electrons. The zero-order valence-electron chi connectivity index (χ0n) is 24.2. The highest BCUT2D eigenvalue weighted by molar-refractivity contribution is 6.30. The minimum Gasteiger partial charge on any atom is -0.497 e. The van der Waals surface area contributed by atoms with E-state index in [0.717, 1.165) is 16.9 Å². The van der Waals surface area contributed by atoms with E-state index in [4.69, 9.17) is 21.1 Å². The van der Waals surface area contributed by atoms with Gasteiger partial charge in [-0.25, -0.2) is 9.48 Å². The summed E-state index contributed by atoms with van der Waals surface area (Å²) in [7, 11) is 2.88. The number of para-hydroxylation sites is 1. The molecule has 0 fully saturated rings. The Morgan fingerprint density at radius 2 is 1.60 bits per heavy atom. The lowest BCUT2D eigenvalue weighted by atomic mass is 9.65. The zero-order valence-corrected chi connectivity index (χ0v) is 24.9. The van der Waals surface area contributed by atoms with E-state index in [1.165, 1.54) is 11.8 Å². The number of carbonyl (C=O) groups is 2. The maximum atomic E-state index is 14.3. The minimum absolute atomic E-state index is 0.0442. The Balaban J connectivity index is 1.71. The van der Waals surface area contributed by atoms with Gasteiger partial charge in [-0.3, -0.25) is 14.7 Å². The fourth-order valence-corrected chi connectivity index (χ4v) is 6.25. The van der Waals surface area contributed by atoms with Crippen LogP contribution in [-0.2, 0) is 4.74 Å². The summed E-state index contributed by atoms with van der Waals surface area (Å²) in [6.07, 6.45) is 0.175. The molecule has 1 aliphatic rings. The highest BCUT2D eigenvalue weighted by Gasteiger charge is 2.47. The quantitative estimate of drug-likeness (QED) is 0.217. The van der Waals surface area contributed by atoms with Gasteiger partial charge < -0.3 is 14.0 Å². The molecular formula is C34H30ClN3O5. The average molecular weight is 596 g/mol. The van der Waals surface area contributed by atoms with Crippen molar-refractivity contribution in [3.05, 3.63) is 123 Å². The molecule has 3 aromatic carbocycles. The molecular weight excluding hydrogens is 566 g/mol. The molecule has 43 heavy (non-hydrogen) atoms. The zero-order chi connectivity index (χ0) is 30.5. The number of nitrogens with one attached hydrogen (secondary N) is 1. The summed E-state index contributed by atoms with van der Waals surface area (Å²) >= 11 is 6.23. The lowest BCUT2D eigenvalue weighted by molar-refractivity contribution is 0.0591. The number of esters is 1. The van der Waals surface area contributed by atoms with Crippen LogP contribution in [0, 0.1) is 5.41 Å². The number of hydrogen-bond donors (Lipinski definition) is 1. The lowest BCUT2D eigenvalue weighted by Gasteiger charge is -2.38. The van der Waals surface area contributed by atoms with Crippen molar-refractivity contribution in [1.29, 1.82) is 0 Å². The number of hydrogen-bond acceptors (Lipinski definition) is 5. The molecule has 218 valence electrons. The summed E-state index contributed by atoms with van der Waals surface area (Å²) in [5, 5.41) is 3.60. The van der Waals surface area contributed by atoms with Gasteiger partial charge in [0, 0.05) is 34.3 Å². The van der Waals surface area contributed by atoms with E-state index in [1.807, 2.05) is 79.1 Å². The van der Waals surface area contributed by atoms with Gasteiger partial charge in [0.15, 0.2) is 5.78 Å². The Hall–Kier alpha value is -4.82. The summed E-state index contributed by atoms with van der Waals surface area (Å²) in [6, 6.07) is 25.8. The van der Waals surface area contributed by atoms with Crippen molar-refractivity contribution < 1.29 is 19.1 Å². The number of halogens is 1. The molecule has 0 aliphatic heterocycles. The summed E-state index contributed by atoms with van der Waals surface area (Å²) in [5.74, 6) is -0.699. The van der Waals surface area contributed by atoms with Crippen LogP contribution in [0.4, 0.5) is 0 Å². The second-order valence-corrected chi connectivity index (χ2v) is 11.7. The Labute approximate surface area is 253 Å². The maximum absolute atomic E-state index is 14.3. The number of ketones is 1. The number of fused-ring (bicyclic) bond motifs is 1. The van der Waals surface area contributed by atoms with Crippen molar-refractivity contribution in [2.45, 2.75) is 26.2 Å². The summed E-state index contributed by atoms with van der Waals surface area (Å²) < 4.78 is 13.9. The topological polar surface area (TPSA) is 95.3 Å². The molecule has 9 heteroatoms. The molecule has 1 unspecified atom stereocenters. The van der Waals surface area contributed by atoms with Crippen molar-refractivity contribution in [2.24, 2.45) is 5.41 Å². The Morgan fingerprint density at radius 1 is 0.930 bits per heavy atom. The van der Waals surface area contributed by atoms with E-state index in [0.29, 0.717) is 27.7 Å². The molecule has 8 nitrogen and oxygen atoms in total. The largest absolute Gasteiger partial charge is 0.497 e. The number of carbonyl (C=O) groups excluding carboxylic acids is 2. The van der Waals surface area contributed by atoms with Crippen LogP contribution in [0.15, 0.2) is 89.7 Å². The first-order valence-electron chi connectivity index (χ1n) is 13.8. The number of nitrogens with zero attached hydrogens (tertiary/aromatic N) is 2. The number of Topliss-reactive ketones (excluding diaryl/α,β-unsaturated/α-hetero) is 1. The van der Waals surface area contributed by atoms with Crippen LogP contribution in [-0.4, -0.2) is 40.3 Å². The van der Waals surface area contributed by atoms with Gasteiger partial charge in [0.2, 0.25) is 0 Å². The number of H-pyrrole nitrogens is 1. The summed E-state index contributed by atoms with van der Waals surface area (Å²) in [6.45, 7) is 3.90. The molecule has 6 rings (SSSR count). The van der Waals surface area contributed by atoms with Crippen LogP contribution in [0.3, 0.4) is 0 Å². The molecule has 0 bridgehead atoms. The monoisotopic (exact) mass is 595 g/mol. The van der Waals surface area contributed by atoms with Crippen LogP contribution in [0.25, 0.3) is 22.6 Å². The fourth-order valence-electron chi connectivity index (χ4n) is 6.12. The SMILES string of the molecule is COC(=O)c1[nH]n(-c2ccccc2)c(=O)c1C1c2c(cc(-c3ccc(Cl)cc3)n2-c2ccc(OC)cc2)C(=O)CC1(C)C. The third-order valence-corrected chi connectivity index (χ3v) is 8.35. The Kier molecular flexibility index (Phi) is 7.10. The first-order valence-corrected chi connectivity index (χ1v) is 14.2. The molecule has 0 saturated carbocycles. The highest BCUT2D eigenvalue weighted by Crippen LogP contribution is 2.51. The average Bonchev–Trinajstić information content (AvgIpc) is 3.56. The van der Waals surface area contributed by atoms with Crippen molar-refractivity contribution in [1.82, 2.24) is 14.3 Å². The van der Waals surface area contributed by atoms with E-state index >= 15 is 0 Å². The molecule has 1 atom stereocenters. The normalized spacial score (nSPS) is 15.7. The summed E-state index contributed by atoms with van der Waals surface area (Å²) in [4.78, 5) is 41.4. The van der Waals surface area contributed by atoms with Gasteiger partial charge in [-0.15, -0.1) is 0 Å². The fraction of sp³-hybridized carbons (Fsp3) is 0.206. The molecule has 2 heterocycles. The van der Waals surface area contributed by atoms with Crippen LogP contribution >= 0.6 is 11.6 Å². The molecule has 0 amide bonds. The Morgan fingerprint density at radius 3 is 2.23 bits per heavy atom. The molecule has 1 N–H and O–H groups in total. The number of benzene rings is 3. The van der Waals surface area contributed by atoms with E-state index in [2.05, 4.69) is 5.10 Å². The second-order valence-electron chi connectivity index (χ2n) is 11.3. The van der Waals surface area contributed by atoms with E-state index in [-0.39, 0.29) is 29.0 Å². The second kappa shape index (κ2) is 10.8. The first kappa shape index (κ1) is 28.3. The van der Waals surface area contributed by atoms with Gasteiger partial charge in [-0.2, -0.15) is 0 Å². The van der Waals surface area contributed by atoms with Gasteiger partial charge in [0.25, 0.3) is 5.56 Å². The smallest absolute Gasteiger partial charge is 0.356 e. The third-order valence-electron chi connectivity index (χ3n) is 8.10. The minimum atomic E-state index is -0.747. The lowest BCUT2D eigenvalue weighted by Crippen LogP contribution is -2.37. The number of aromatic nitrogens is 3. The number of methoxy groups -OCH3 is 2. The van der Waals surface area contributed by atoms with Crippen molar-refractivity contribution in [2.75, 3.05) is 14.2 Å². The number of ether oxygens (including phenoxy) is 2. The molecule has 5 aromatic rings. The number of rotatable bonds is 6. The Bertz CT molecular complexity index is 1900. The first-order chi connectivity index (χ1) is 20.6. The molecule has 0 spiro atoms. The van der Waals surface area contributed by atoms with E-state index in [1.54, 1.807) is 31.4 Å². The van der Waals surface area contributed by atoms with Gasteiger partial charge in [-0.1, -0.05) is 55.8 Å². The van der Waals surface area contributed by atoms with Gasteiger partial charge in [0.1, 0.15) is 11.4 Å². The molecule has 2 aromatic heterocycles. The third kappa shape index (κ3) is 4.77. The van der Waals surface area contributed by atoms with Crippen LogP contribution in [0.5, 0.6) is 5.75 Å². The number of aromatic amines is 1.